The second-order valence-corrected chi connectivity index (χ2v) is 3.76. The van der Waals surface area contributed by atoms with Crippen LogP contribution in [-0.4, -0.2) is 27.6 Å². The number of nitrogens with two attached hydrogens (primary N) is 2. The first-order valence-electron chi connectivity index (χ1n) is 4.67. The van der Waals surface area contributed by atoms with E-state index in [2.05, 4.69) is 10.2 Å². The van der Waals surface area contributed by atoms with Crippen molar-refractivity contribution in [3.05, 3.63) is 5.82 Å². The van der Waals surface area contributed by atoms with Gasteiger partial charge in [0.05, 0.1) is 5.60 Å². The highest BCUT2D eigenvalue weighted by Crippen LogP contribution is 2.37. The molecule has 0 amide bonds. The van der Waals surface area contributed by atoms with Crippen LogP contribution in [0.25, 0.3) is 0 Å². The molecule has 1 heterocycles. The minimum atomic E-state index is -0.0867. The summed E-state index contributed by atoms with van der Waals surface area (Å²) in [7, 11) is 1.72. The number of hydrogen-bond acceptors (Lipinski definition) is 5. The number of nitrogen functional groups attached to an aromatic ring is 2. The van der Waals surface area contributed by atoms with Crippen LogP contribution in [-0.2, 0) is 11.2 Å². The number of nitrogens with zero attached hydrogens (tertiary/aromatic N) is 3. The van der Waals surface area contributed by atoms with Crippen LogP contribution in [0, 0.1) is 0 Å². The monoisotopic (exact) mass is 197 g/mol. The first kappa shape index (κ1) is 9.26. The summed E-state index contributed by atoms with van der Waals surface area (Å²) < 4.78 is 6.78. The van der Waals surface area contributed by atoms with Crippen LogP contribution in [0.15, 0.2) is 0 Å². The van der Waals surface area contributed by atoms with Crippen molar-refractivity contribution >= 4 is 5.95 Å². The summed E-state index contributed by atoms with van der Waals surface area (Å²) in [5.74, 6) is 6.58. The average molecular weight is 197 g/mol. The van der Waals surface area contributed by atoms with E-state index in [1.807, 2.05) is 0 Å². The van der Waals surface area contributed by atoms with Crippen LogP contribution in [0.3, 0.4) is 0 Å². The van der Waals surface area contributed by atoms with Gasteiger partial charge in [-0.3, -0.25) is 0 Å². The molecule has 1 aromatic heterocycles. The van der Waals surface area contributed by atoms with E-state index in [0.29, 0.717) is 12.2 Å². The van der Waals surface area contributed by atoms with Gasteiger partial charge in [0.1, 0.15) is 0 Å². The average Bonchev–Trinajstić information content (AvgIpc) is 2.42. The number of anilines is 1. The number of hydrogen-bond donors (Lipinski definition) is 2. The van der Waals surface area contributed by atoms with Gasteiger partial charge in [0.2, 0.25) is 5.95 Å². The Morgan fingerprint density at radius 1 is 1.50 bits per heavy atom. The van der Waals surface area contributed by atoms with E-state index < -0.39 is 0 Å². The van der Waals surface area contributed by atoms with E-state index in [9.17, 15) is 0 Å². The van der Waals surface area contributed by atoms with Crippen molar-refractivity contribution in [2.75, 3.05) is 18.7 Å². The van der Waals surface area contributed by atoms with Crippen LogP contribution in [0.5, 0.6) is 0 Å². The normalized spacial score (nSPS) is 19.2. The van der Waals surface area contributed by atoms with E-state index in [1.54, 1.807) is 7.11 Å². The molecule has 6 nitrogen and oxygen atoms in total. The van der Waals surface area contributed by atoms with Gasteiger partial charge in [0.15, 0.2) is 5.82 Å². The van der Waals surface area contributed by atoms with Crippen molar-refractivity contribution in [3.63, 3.8) is 0 Å². The van der Waals surface area contributed by atoms with E-state index in [4.69, 9.17) is 16.3 Å². The summed E-state index contributed by atoms with van der Waals surface area (Å²) in [5, 5.41) is 7.62. The topological polar surface area (TPSA) is 92.0 Å². The predicted octanol–water partition coefficient (Wildman–Crippen LogP) is -0.314. The third-order valence-corrected chi connectivity index (χ3v) is 2.97. The molecule has 1 saturated carbocycles. The maximum absolute atomic E-state index is 5.65. The van der Waals surface area contributed by atoms with Crippen LogP contribution in [0.1, 0.15) is 25.1 Å². The Morgan fingerprint density at radius 2 is 2.21 bits per heavy atom. The van der Waals surface area contributed by atoms with Gasteiger partial charge in [-0.2, -0.15) is 0 Å². The number of rotatable bonds is 3. The second-order valence-electron chi connectivity index (χ2n) is 3.76. The van der Waals surface area contributed by atoms with Gasteiger partial charge in [-0.15, -0.1) is 10.2 Å². The summed E-state index contributed by atoms with van der Waals surface area (Å²) in [6.07, 6.45) is 3.98. The Morgan fingerprint density at radius 3 is 2.57 bits per heavy atom. The van der Waals surface area contributed by atoms with E-state index in [-0.39, 0.29) is 11.5 Å². The molecule has 1 aliphatic carbocycles. The van der Waals surface area contributed by atoms with Gasteiger partial charge in [0.25, 0.3) is 0 Å². The van der Waals surface area contributed by atoms with E-state index >= 15 is 0 Å². The lowest BCUT2D eigenvalue weighted by Gasteiger charge is -2.39. The first-order chi connectivity index (χ1) is 6.67. The van der Waals surface area contributed by atoms with Crippen molar-refractivity contribution in [3.8, 4) is 0 Å². The Balaban J connectivity index is 2.13. The van der Waals surface area contributed by atoms with Gasteiger partial charge >= 0.3 is 0 Å². The number of aromatic nitrogens is 3. The van der Waals surface area contributed by atoms with Crippen LogP contribution in [0.2, 0.25) is 0 Å². The highest BCUT2D eigenvalue weighted by molar-refractivity contribution is 5.18. The molecule has 0 bridgehead atoms. The lowest BCUT2D eigenvalue weighted by Crippen LogP contribution is -2.42. The summed E-state index contributed by atoms with van der Waals surface area (Å²) in [6, 6.07) is 0. The molecule has 0 spiro atoms. The summed E-state index contributed by atoms with van der Waals surface area (Å²) in [4.78, 5) is 0. The van der Waals surface area contributed by atoms with Crippen molar-refractivity contribution in [1.82, 2.24) is 14.9 Å². The zero-order valence-corrected chi connectivity index (χ0v) is 8.23. The summed E-state index contributed by atoms with van der Waals surface area (Å²) >= 11 is 0. The molecule has 0 atom stereocenters. The van der Waals surface area contributed by atoms with E-state index in [1.165, 1.54) is 11.1 Å². The molecule has 0 aliphatic heterocycles. The highest BCUT2D eigenvalue weighted by atomic mass is 16.5. The molecule has 1 aliphatic rings. The third kappa shape index (κ3) is 1.31. The fourth-order valence-corrected chi connectivity index (χ4v) is 1.77. The quantitative estimate of drug-likeness (QED) is 0.648. The molecule has 0 saturated heterocycles. The lowest BCUT2D eigenvalue weighted by atomic mass is 9.77. The minimum Gasteiger partial charge on any atom is -0.378 e. The molecule has 6 heteroatoms. The van der Waals surface area contributed by atoms with Crippen molar-refractivity contribution in [2.24, 2.45) is 0 Å². The molecular formula is C8H15N5O. The molecule has 1 fully saturated rings. The fourth-order valence-electron chi connectivity index (χ4n) is 1.77. The molecule has 14 heavy (non-hydrogen) atoms. The predicted molar refractivity (Wildman–Crippen MR) is 51.9 cm³/mol. The molecule has 1 aromatic rings. The molecule has 78 valence electrons. The number of methoxy groups -OCH3 is 1. The largest absolute Gasteiger partial charge is 0.378 e. The van der Waals surface area contributed by atoms with Gasteiger partial charge in [-0.05, 0) is 19.3 Å². The molecule has 0 radical (unpaired) electrons. The van der Waals surface area contributed by atoms with Crippen molar-refractivity contribution in [1.29, 1.82) is 0 Å². The maximum Gasteiger partial charge on any atom is 0.240 e. The van der Waals surface area contributed by atoms with Crippen LogP contribution in [0.4, 0.5) is 5.95 Å². The molecular weight excluding hydrogens is 182 g/mol. The minimum absolute atomic E-state index is 0.0867. The van der Waals surface area contributed by atoms with Crippen LogP contribution >= 0.6 is 0 Å². The van der Waals surface area contributed by atoms with Crippen LogP contribution < -0.4 is 11.6 Å². The summed E-state index contributed by atoms with van der Waals surface area (Å²) in [5.41, 5.74) is 5.40. The zero-order chi connectivity index (χ0) is 10.2. The molecule has 2 rings (SSSR count). The zero-order valence-electron chi connectivity index (χ0n) is 8.23. The van der Waals surface area contributed by atoms with Gasteiger partial charge in [-0.1, -0.05) is 0 Å². The Kier molecular flexibility index (Phi) is 2.07. The SMILES string of the molecule is COC1(Cc2nnc(N)n2N)CCC1. The Bertz CT molecular complexity index is 325. The van der Waals surface area contributed by atoms with Crippen molar-refractivity contribution in [2.45, 2.75) is 31.3 Å². The van der Waals surface area contributed by atoms with Gasteiger partial charge in [-0.25, -0.2) is 4.68 Å². The lowest BCUT2D eigenvalue weighted by molar-refractivity contribution is -0.0724. The maximum atomic E-state index is 5.65. The molecule has 0 unspecified atom stereocenters. The highest BCUT2D eigenvalue weighted by Gasteiger charge is 2.38. The Labute approximate surface area is 82.2 Å². The van der Waals surface area contributed by atoms with Gasteiger partial charge < -0.3 is 16.3 Å². The third-order valence-electron chi connectivity index (χ3n) is 2.97. The number of ether oxygens (including phenoxy) is 1. The Hall–Kier alpha value is -1.30. The van der Waals surface area contributed by atoms with Crippen molar-refractivity contribution < 1.29 is 4.74 Å². The molecule has 0 aromatic carbocycles. The smallest absolute Gasteiger partial charge is 0.240 e. The standard InChI is InChI=1S/C8H15N5O/c1-14-8(3-2-4-8)5-6-11-12-7(9)13(6)10/h2-5,10H2,1H3,(H2,9,12). The van der Waals surface area contributed by atoms with E-state index in [0.717, 1.165) is 12.8 Å². The second kappa shape index (κ2) is 3.13. The molecule has 4 N–H and O–H groups in total. The fraction of sp³-hybridized carbons (Fsp3) is 0.750. The first-order valence-corrected chi connectivity index (χ1v) is 4.67. The summed E-state index contributed by atoms with van der Waals surface area (Å²) in [6.45, 7) is 0. The van der Waals surface area contributed by atoms with Gasteiger partial charge in [0, 0.05) is 13.5 Å².